The second-order valence-corrected chi connectivity index (χ2v) is 5.95. The fourth-order valence-electron chi connectivity index (χ4n) is 2.76. The van der Waals surface area contributed by atoms with Crippen LogP contribution in [0, 0.1) is 6.92 Å². The van der Waals surface area contributed by atoms with E-state index in [1.807, 2.05) is 17.5 Å². The average molecular weight is 264 g/mol. The molecule has 1 aliphatic carbocycles. The molecule has 0 bridgehead atoms. The van der Waals surface area contributed by atoms with Gasteiger partial charge in [-0.1, -0.05) is 30.6 Å². The highest BCUT2D eigenvalue weighted by Crippen LogP contribution is 2.33. The van der Waals surface area contributed by atoms with Crippen LogP contribution in [0.1, 0.15) is 59.1 Å². The number of carbonyl (C=O) groups is 1. The zero-order valence-electron chi connectivity index (χ0n) is 10.3. The number of imidazole rings is 1. The van der Waals surface area contributed by atoms with Crippen LogP contribution >= 0.6 is 11.3 Å². The molecule has 0 aromatic carbocycles. The van der Waals surface area contributed by atoms with E-state index >= 15 is 0 Å². The fraction of sp³-hybridized carbons (Fsp3) is 0.538. The van der Waals surface area contributed by atoms with Crippen LogP contribution < -0.4 is 0 Å². The summed E-state index contributed by atoms with van der Waals surface area (Å²) in [5.74, 6) is -0.291. The maximum Gasteiger partial charge on any atom is 0.347 e. The van der Waals surface area contributed by atoms with Crippen molar-refractivity contribution in [2.75, 3.05) is 0 Å². The van der Waals surface area contributed by atoms with E-state index in [0.29, 0.717) is 10.8 Å². The number of carboxylic acids is 1. The van der Waals surface area contributed by atoms with Crippen molar-refractivity contribution in [3.8, 4) is 0 Å². The minimum Gasteiger partial charge on any atom is -0.477 e. The summed E-state index contributed by atoms with van der Waals surface area (Å²) in [6.45, 7) is 1.85. The maximum absolute atomic E-state index is 11.0. The molecule has 96 valence electrons. The van der Waals surface area contributed by atoms with Crippen LogP contribution in [0.5, 0.6) is 0 Å². The van der Waals surface area contributed by atoms with E-state index in [0.717, 1.165) is 16.3 Å². The monoisotopic (exact) mass is 264 g/mol. The molecule has 0 radical (unpaired) electrons. The zero-order chi connectivity index (χ0) is 12.7. The summed E-state index contributed by atoms with van der Waals surface area (Å²) >= 11 is 1.27. The zero-order valence-corrected chi connectivity index (χ0v) is 11.2. The molecular weight excluding hydrogens is 248 g/mol. The minimum absolute atomic E-state index is 0.396. The lowest BCUT2D eigenvalue weighted by atomic mass is 9.87. The van der Waals surface area contributed by atoms with Gasteiger partial charge in [0.2, 0.25) is 0 Å². The Morgan fingerprint density at radius 1 is 1.44 bits per heavy atom. The van der Waals surface area contributed by atoms with Crippen LogP contribution in [0.15, 0.2) is 6.20 Å². The van der Waals surface area contributed by atoms with Crippen LogP contribution in [0.2, 0.25) is 0 Å². The van der Waals surface area contributed by atoms with Crippen LogP contribution in [0.3, 0.4) is 0 Å². The Hall–Kier alpha value is -1.36. The largest absolute Gasteiger partial charge is 0.477 e. The molecule has 0 spiro atoms. The first-order valence-corrected chi connectivity index (χ1v) is 7.20. The Bertz CT molecular complexity index is 593. The van der Waals surface area contributed by atoms with Crippen molar-refractivity contribution in [2.24, 2.45) is 0 Å². The first-order chi connectivity index (χ1) is 8.66. The average Bonchev–Trinajstić information content (AvgIpc) is 2.91. The lowest BCUT2D eigenvalue weighted by molar-refractivity contribution is 0.0701. The molecule has 2 aromatic rings. The van der Waals surface area contributed by atoms with Gasteiger partial charge in [0.15, 0.2) is 4.96 Å². The minimum atomic E-state index is -0.859. The predicted octanol–water partition coefficient (Wildman–Crippen LogP) is 3.45. The second-order valence-electron chi connectivity index (χ2n) is 4.98. The molecule has 1 aliphatic rings. The summed E-state index contributed by atoms with van der Waals surface area (Å²) in [5, 5.41) is 9.07. The van der Waals surface area contributed by atoms with Crippen LogP contribution in [0.4, 0.5) is 0 Å². The first-order valence-electron chi connectivity index (χ1n) is 6.38. The fourth-order valence-corrected chi connectivity index (χ4v) is 3.72. The molecule has 0 saturated heterocycles. The van der Waals surface area contributed by atoms with Crippen molar-refractivity contribution in [3.63, 3.8) is 0 Å². The number of rotatable bonds is 2. The SMILES string of the molecule is Cc1c(C(=O)O)sc2nc(C3CCCCC3)cn12. The van der Waals surface area contributed by atoms with Gasteiger partial charge in [0.25, 0.3) is 0 Å². The summed E-state index contributed by atoms with van der Waals surface area (Å²) in [5.41, 5.74) is 1.93. The number of thiazole rings is 1. The van der Waals surface area contributed by atoms with E-state index in [2.05, 4.69) is 4.98 Å². The molecule has 4 nitrogen and oxygen atoms in total. The lowest BCUT2D eigenvalue weighted by Crippen LogP contribution is -2.04. The molecule has 0 atom stereocenters. The molecule has 0 aliphatic heterocycles. The van der Waals surface area contributed by atoms with Crippen LogP contribution in [-0.2, 0) is 0 Å². The molecule has 5 heteroatoms. The molecule has 3 rings (SSSR count). The predicted molar refractivity (Wildman–Crippen MR) is 70.6 cm³/mol. The smallest absolute Gasteiger partial charge is 0.347 e. The third-order valence-electron chi connectivity index (χ3n) is 3.79. The van der Waals surface area contributed by atoms with E-state index in [9.17, 15) is 4.79 Å². The van der Waals surface area contributed by atoms with Crippen molar-refractivity contribution in [1.82, 2.24) is 9.38 Å². The molecular formula is C13H16N2O2S. The van der Waals surface area contributed by atoms with Crippen molar-refractivity contribution in [3.05, 3.63) is 22.5 Å². The van der Waals surface area contributed by atoms with E-state index in [-0.39, 0.29) is 0 Å². The van der Waals surface area contributed by atoms with Crippen LogP contribution in [0.25, 0.3) is 4.96 Å². The second kappa shape index (κ2) is 4.39. The van der Waals surface area contributed by atoms with E-state index in [1.54, 1.807) is 0 Å². The van der Waals surface area contributed by atoms with Gasteiger partial charge in [-0.3, -0.25) is 4.40 Å². The van der Waals surface area contributed by atoms with Gasteiger partial charge in [-0.15, -0.1) is 0 Å². The van der Waals surface area contributed by atoms with Gasteiger partial charge in [-0.05, 0) is 19.8 Å². The summed E-state index contributed by atoms with van der Waals surface area (Å²) in [4.78, 5) is 16.9. The summed E-state index contributed by atoms with van der Waals surface area (Å²) in [6.07, 6.45) is 8.38. The number of nitrogens with zero attached hydrogens (tertiary/aromatic N) is 2. The Kier molecular flexibility index (Phi) is 2.86. The molecule has 0 amide bonds. The Morgan fingerprint density at radius 2 is 2.17 bits per heavy atom. The van der Waals surface area contributed by atoms with E-state index in [4.69, 9.17) is 5.11 Å². The number of aromatic carboxylic acids is 1. The molecule has 1 N–H and O–H groups in total. The molecule has 2 heterocycles. The lowest BCUT2D eigenvalue weighted by Gasteiger charge is -2.19. The van der Waals surface area contributed by atoms with E-state index in [1.165, 1.54) is 43.4 Å². The number of fused-ring (bicyclic) bond motifs is 1. The highest BCUT2D eigenvalue weighted by Gasteiger charge is 2.21. The molecule has 2 aromatic heterocycles. The Balaban J connectivity index is 1.99. The highest BCUT2D eigenvalue weighted by molar-refractivity contribution is 7.18. The standard InChI is InChI=1S/C13H16N2O2S/c1-8-11(12(16)17)18-13-14-10(7-15(8)13)9-5-3-2-4-6-9/h7,9H,2-6H2,1H3,(H,16,17). The number of aryl methyl sites for hydroxylation is 1. The van der Waals surface area contributed by atoms with E-state index < -0.39 is 5.97 Å². The first kappa shape index (κ1) is 11.7. The summed E-state index contributed by atoms with van der Waals surface area (Å²) in [6, 6.07) is 0. The van der Waals surface area contributed by atoms with Gasteiger partial charge in [0.1, 0.15) is 4.88 Å². The van der Waals surface area contributed by atoms with Crippen LogP contribution in [-0.4, -0.2) is 20.5 Å². The Morgan fingerprint density at radius 3 is 2.78 bits per heavy atom. The molecule has 18 heavy (non-hydrogen) atoms. The number of carboxylic acid groups (broad SMARTS) is 1. The van der Waals surface area contributed by atoms with Crippen molar-refractivity contribution in [2.45, 2.75) is 44.9 Å². The van der Waals surface area contributed by atoms with Gasteiger partial charge in [0, 0.05) is 17.8 Å². The highest BCUT2D eigenvalue weighted by atomic mass is 32.1. The van der Waals surface area contributed by atoms with Gasteiger partial charge in [-0.25, -0.2) is 9.78 Å². The normalized spacial score (nSPS) is 17.4. The summed E-state index contributed by atoms with van der Waals surface area (Å²) < 4.78 is 1.93. The maximum atomic E-state index is 11.0. The van der Waals surface area contributed by atoms with Crippen molar-refractivity contribution in [1.29, 1.82) is 0 Å². The number of hydrogen-bond donors (Lipinski definition) is 1. The molecule has 1 fully saturated rings. The van der Waals surface area contributed by atoms with Gasteiger partial charge in [-0.2, -0.15) is 0 Å². The quantitative estimate of drug-likeness (QED) is 0.903. The van der Waals surface area contributed by atoms with Gasteiger partial charge in [0.05, 0.1) is 5.69 Å². The Labute approximate surface area is 109 Å². The molecule has 1 saturated carbocycles. The number of hydrogen-bond acceptors (Lipinski definition) is 3. The van der Waals surface area contributed by atoms with Crippen molar-refractivity contribution < 1.29 is 9.90 Å². The van der Waals surface area contributed by atoms with Gasteiger partial charge < -0.3 is 5.11 Å². The third kappa shape index (κ3) is 1.82. The third-order valence-corrected chi connectivity index (χ3v) is 4.94. The van der Waals surface area contributed by atoms with Gasteiger partial charge >= 0.3 is 5.97 Å². The number of aromatic nitrogens is 2. The summed E-state index contributed by atoms with van der Waals surface area (Å²) in [7, 11) is 0. The van der Waals surface area contributed by atoms with Crippen molar-refractivity contribution >= 4 is 22.3 Å². The molecule has 0 unspecified atom stereocenters. The topological polar surface area (TPSA) is 54.6 Å².